The maximum absolute atomic E-state index is 13.0. The molecule has 33 heavy (non-hydrogen) atoms. The molecule has 4 rings (SSSR count). The molecule has 1 aromatic carbocycles. The van der Waals surface area contributed by atoms with Gasteiger partial charge in [0.15, 0.2) is 11.6 Å². The fourth-order valence-corrected chi connectivity index (χ4v) is 3.44. The van der Waals surface area contributed by atoms with Crippen molar-refractivity contribution >= 4 is 5.91 Å². The summed E-state index contributed by atoms with van der Waals surface area (Å²) in [6, 6.07) is 8.41. The molecule has 1 atom stereocenters. The summed E-state index contributed by atoms with van der Waals surface area (Å²) in [5.74, 6) is -0.102. The van der Waals surface area contributed by atoms with Crippen LogP contribution in [0.15, 0.2) is 41.5 Å². The Kier molecular flexibility index (Phi) is 5.63. The number of aromatic nitrogens is 5. The number of hydrogen-bond acceptors (Lipinski definition) is 7. The van der Waals surface area contributed by atoms with E-state index in [0.29, 0.717) is 30.0 Å². The van der Waals surface area contributed by atoms with Gasteiger partial charge in [-0.3, -0.25) is 9.59 Å². The first-order valence-electron chi connectivity index (χ1n) is 9.99. The molecule has 1 fully saturated rings. The summed E-state index contributed by atoms with van der Waals surface area (Å²) in [6.07, 6.45) is 2.44. The SMILES string of the molecule is C[C@H](NC(=O)c1cc(OC(F)F)cc(C2(C#N)CC2)c1)c1ncnn1-c1ccc(=O)n(C)n1. The van der Waals surface area contributed by atoms with Crippen LogP contribution in [0.3, 0.4) is 0 Å². The van der Waals surface area contributed by atoms with Gasteiger partial charge in [-0.05, 0) is 49.6 Å². The number of benzene rings is 1. The minimum absolute atomic E-state index is 0.0721. The Hall–Kier alpha value is -4.14. The average molecular weight is 455 g/mol. The Bertz CT molecular complexity index is 1310. The van der Waals surface area contributed by atoms with Crippen LogP contribution in [0.1, 0.15) is 47.6 Å². The van der Waals surface area contributed by atoms with Crippen LogP contribution < -0.4 is 15.6 Å². The van der Waals surface area contributed by atoms with Gasteiger partial charge in [0, 0.05) is 18.7 Å². The minimum Gasteiger partial charge on any atom is -0.435 e. The molecule has 0 radical (unpaired) electrons. The van der Waals surface area contributed by atoms with Gasteiger partial charge in [0.05, 0.1) is 17.5 Å². The molecular weight excluding hydrogens is 436 g/mol. The van der Waals surface area contributed by atoms with Crippen LogP contribution in [0.2, 0.25) is 0 Å². The van der Waals surface area contributed by atoms with E-state index in [1.165, 1.54) is 48.4 Å². The Morgan fingerprint density at radius 2 is 2.06 bits per heavy atom. The van der Waals surface area contributed by atoms with Crippen LogP contribution in [-0.2, 0) is 12.5 Å². The van der Waals surface area contributed by atoms with E-state index in [0.717, 1.165) is 4.68 Å². The number of rotatable bonds is 7. The van der Waals surface area contributed by atoms with Crippen molar-refractivity contribution in [1.29, 1.82) is 5.26 Å². The fourth-order valence-electron chi connectivity index (χ4n) is 3.44. The quantitative estimate of drug-likeness (QED) is 0.577. The normalized spacial score (nSPS) is 15.0. The molecule has 170 valence electrons. The Labute approximate surface area is 186 Å². The first-order chi connectivity index (χ1) is 15.7. The zero-order valence-electron chi connectivity index (χ0n) is 17.7. The summed E-state index contributed by atoms with van der Waals surface area (Å²) in [6.45, 7) is -1.40. The standard InChI is InChI=1S/C21H19F2N7O3/c1-12(18-25-11-26-30(18)16-3-4-17(31)29(2)28-16)27-19(32)13-7-14(21(10-24)5-6-21)9-15(8-13)33-20(22)23/h3-4,7-9,11-12,20H,5-6H2,1-2H3,(H,27,32)/t12-/m0/s1. The van der Waals surface area contributed by atoms with Crippen molar-refractivity contribution in [3.63, 3.8) is 0 Å². The molecule has 3 aromatic rings. The number of nitriles is 1. The number of alkyl halides is 2. The molecule has 0 aliphatic heterocycles. The lowest BCUT2D eigenvalue weighted by Crippen LogP contribution is -2.29. The van der Waals surface area contributed by atoms with E-state index in [2.05, 4.69) is 31.3 Å². The van der Waals surface area contributed by atoms with Crippen molar-refractivity contribution in [1.82, 2.24) is 29.9 Å². The molecule has 10 nitrogen and oxygen atoms in total. The third-order valence-corrected chi connectivity index (χ3v) is 5.38. The van der Waals surface area contributed by atoms with Gasteiger partial charge in [0.2, 0.25) is 0 Å². The second-order valence-corrected chi connectivity index (χ2v) is 7.70. The number of carbonyl (C=O) groups is 1. The summed E-state index contributed by atoms with van der Waals surface area (Å²) < 4.78 is 32.6. The first kappa shape index (κ1) is 22.1. The lowest BCUT2D eigenvalue weighted by molar-refractivity contribution is -0.0499. The van der Waals surface area contributed by atoms with Crippen molar-refractivity contribution in [2.24, 2.45) is 7.05 Å². The second-order valence-electron chi connectivity index (χ2n) is 7.70. The Balaban J connectivity index is 1.61. The molecule has 2 heterocycles. The van der Waals surface area contributed by atoms with Gasteiger partial charge in [-0.15, -0.1) is 5.10 Å². The smallest absolute Gasteiger partial charge is 0.387 e. The number of hydrogen-bond donors (Lipinski definition) is 1. The second kappa shape index (κ2) is 8.42. The summed E-state index contributed by atoms with van der Waals surface area (Å²) in [4.78, 5) is 28.7. The van der Waals surface area contributed by atoms with E-state index in [-0.39, 0.29) is 16.9 Å². The fraction of sp³-hybridized carbons (Fsp3) is 0.333. The van der Waals surface area contributed by atoms with Crippen LogP contribution in [0.5, 0.6) is 5.75 Å². The van der Waals surface area contributed by atoms with Gasteiger partial charge >= 0.3 is 6.61 Å². The lowest BCUT2D eigenvalue weighted by atomic mass is 9.95. The monoisotopic (exact) mass is 455 g/mol. The predicted molar refractivity (Wildman–Crippen MR) is 110 cm³/mol. The summed E-state index contributed by atoms with van der Waals surface area (Å²) in [5, 5.41) is 20.5. The molecule has 0 saturated heterocycles. The highest BCUT2D eigenvalue weighted by atomic mass is 19.3. The van der Waals surface area contributed by atoms with Crippen LogP contribution in [0, 0.1) is 11.3 Å². The third kappa shape index (κ3) is 4.43. The molecular formula is C21H19F2N7O3. The van der Waals surface area contributed by atoms with Gasteiger partial charge in [-0.1, -0.05) is 0 Å². The van der Waals surface area contributed by atoms with Gasteiger partial charge < -0.3 is 10.1 Å². The number of aryl methyl sites for hydroxylation is 1. The highest BCUT2D eigenvalue weighted by Crippen LogP contribution is 2.48. The zero-order valence-corrected chi connectivity index (χ0v) is 17.7. The largest absolute Gasteiger partial charge is 0.435 e. The highest BCUT2D eigenvalue weighted by molar-refractivity contribution is 5.95. The summed E-state index contributed by atoms with van der Waals surface area (Å²) in [7, 11) is 1.49. The molecule has 1 saturated carbocycles. The van der Waals surface area contributed by atoms with Crippen molar-refractivity contribution in [3.8, 4) is 17.6 Å². The molecule has 12 heteroatoms. The molecule has 0 bridgehead atoms. The molecule has 1 aliphatic carbocycles. The van der Waals surface area contributed by atoms with E-state index in [1.807, 2.05) is 0 Å². The van der Waals surface area contributed by atoms with Crippen molar-refractivity contribution in [3.05, 3.63) is 64.0 Å². The number of carbonyl (C=O) groups excluding carboxylic acids is 1. The van der Waals surface area contributed by atoms with Crippen LogP contribution in [-0.4, -0.2) is 37.1 Å². The molecule has 1 aliphatic rings. The zero-order chi connectivity index (χ0) is 23.8. The van der Waals surface area contributed by atoms with Crippen LogP contribution in [0.4, 0.5) is 8.78 Å². The van der Waals surface area contributed by atoms with Gasteiger partial charge in [-0.25, -0.2) is 9.67 Å². The van der Waals surface area contributed by atoms with Crippen molar-refractivity contribution < 1.29 is 18.3 Å². The van der Waals surface area contributed by atoms with Gasteiger partial charge in [0.25, 0.3) is 11.5 Å². The van der Waals surface area contributed by atoms with Gasteiger partial charge in [-0.2, -0.15) is 23.8 Å². The van der Waals surface area contributed by atoms with E-state index in [9.17, 15) is 23.6 Å². The van der Waals surface area contributed by atoms with Gasteiger partial charge in [0.1, 0.15) is 12.1 Å². The highest BCUT2D eigenvalue weighted by Gasteiger charge is 2.45. The third-order valence-electron chi connectivity index (χ3n) is 5.38. The van der Waals surface area contributed by atoms with E-state index in [1.54, 1.807) is 6.92 Å². The van der Waals surface area contributed by atoms with Crippen LogP contribution >= 0.6 is 0 Å². The number of ether oxygens (including phenoxy) is 1. The number of nitrogens with zero attached hydrogens (tertiary/aromatic N) is 6. The minimum atomic E-state index is -3.07. The molecule has 0 spiro atoms. The molecule has 1 amide bonds. The van der Waals surface area contributed by atoms with Crippen molar-refractivity contribution in [2.75, 3.05) is 0 Å². The topological polar surface area (TPSA) is 128 Å². The molecule has 2 aromatic heterocycles. The molecule has 1 N–H and O–H groups in total. The van der Waals surface area contributed by atoms with E-state index < -0.39 is 24.0 Å². The first-order valence-corrected chi connectivity index (χ1v) is 9.99. The van der Waals surface area contributed by atoms with Crippen LogP contribution in [0.25, 0.3) is 5.82 Å². The average Bonchev–Trinajstić information content (AvgIpc) is 3.43. The maximum Gasteiger partial charge on any atom is 0.387 e. The lowest BCUT2D eigenvalue weighted by Gasteiger charge is -2.16. The number of amides is 1. The van der Waals surface area contributed by atoms with Crippen molar-refractivity contribution in [2.45, 2.75) is 37.8 Å². The number of halogens is 2. The Morgan fingerprint density at radius 3 is 2.70 bits per heavy atom. The molecule has 0 unspecified atom stereocenters. The maximum atomic E-state index is 13.0. The van der Waals surface area contributed by atoms with E-state index >= 15 is 0 Å². The summed E-state index contributed by atoms with van der Waals surface area (Å²) in [5.41, 5.74) is -0.562. The Morgan fingerprint density at radius 1 is 1.30 bits per heavy atom. The number of nitrogens with one attached hydrogen (secondary N) is 1. The summed E-state index contributed by atoms with van der Waals surface area (Å²) >= 11 is 0. The predicted octanol–water partition coefficient (Wildman–Crippen LogP) is 2.01. The van der Waals surface area contributed by atoms with E-state index in [4.69, 9.17) is 0 Å².